The zero-order valence-electron chi connectivity index (χ0n) is 14.9. The van der Waals surface area contributed by atoms with Crippen LogP contribution in [-0.2, 0) is 11.3 Å². The van der Waals surface area contributed by atoms with Gasteiger partial charge in [-0.05, 0) is 49.6 Å². The van der Waals surface area contributed by atoms with Gasteiger partial charge in [0, 0.05) is 19.3 Å². The van der Waals surface area contributed by atoms with Gasteiger partial charge in [-0.2, -0.15) is 0 Å². The number of rotatable bonds is 5. The number of halogens is 1. The van der Waals surface area contributed by atoms with Gasteiger partial charge in [0.05, 0.1) is 24.4 Å². The molecule has 1 fully saturated rings. The van der Waals surface area contributed by atoms with Crippen LogP contribution >= 0.6 is 0 Å². The summed E-state index contributed by atoms with van der Waals surface area (Å²) in [6, 6.07) is 11.7. The second-order valence-corrected chi connectivity index (χ2v) is 6.54. The highest BCUT2D eigenvalue weighted by molar-refractivity contribution is 5.74. The number of aromatic nitrogens is 1. The molecule has 0 spiro atoms. The van der Waals surface area contributed by atoms with Crippen LogP contribution in [0.2, 0.25) is 0 Å². The number of hydrogen-bond donors (Lipinski definition) is 1. The van der Waals surface area contributed by atoms with Gasteiger partial charge in [0.2, 0.25) is 0 Å². The number of amides is 2. The summed E-state index contributed by atoms with van der Waals surface area (Å²) in [5.41, 5.74) is 1.80. The smallest absolute Gasteiger partial charge is 0.317 e. The number of carbonyl (C=O) groups is 1. The Balaban J connectivity index is 1.42. The van der Waals surface area contributed by atoms with Crippen molar-refractivity contribution in [1.82, 2.24) is 15.2 Å². The molecule has 26 heavy (non-hydrogen) atoms. The highest BCUT2D eigenvalue weighted by atomic mass is 19.1. The number of pyridine rings is 1. The zero-order chi connectivity index (χ0) is 18.4. The molecule has 1 saturated heterocycles. The second-order valence-electron chi connectivity index (χ2n) is 6.54. The van der Waals surface area contributed by atoms with Gasteiger partial charge in [-0.1, -0.05) is 18.2 Å². The highest BCUT2D eigenvalue weighted by Gasteiger charge is 2.24. The summed E-state index contributed by atoms with van der Waals surface area (Å²) < 4.78 is 18.9. The number of benzene rings is 1. The number of nitrogens with zero attached hydrogens (tertiary/aromatic N) is 2. The molecule has 1 N–H and O–H groups in total. The number of urea groups is 1. The Hall–Kier alpha value is -2.47. The third-order valence-electron chi connectivity index (χ3n) is 4.63. The van der Waals surface area contributed by atoms with Crippen molar-refractivity contribution >= 4 is 6.03 Å². The predicted molar refractivity (Wildman–Crippen MR) is 97.0 cm³/mol. The summed E-state index contributed by atoms with van der Waals surface area (Å²) in [5, 5.41) is 2.97. The van der Waals surface area contributed by atoms with Crippen LogP contribution in [0.25, 0.3) is 0 Å². The molecule has 0 unspecified atom stereocenters. The molecule has 138 valence electrons. The molecule has 2 aromatic rings. The molecular formula is C20H24FN3O2. The largest absolute Gasteiger partial charge is 0.372 e. The van der Waals surface area contributed by atoms with Crippen molar-refractivity contribution in [1.29, 1.82) is 0 Å². The van der Waals surface area contributed by atoms with E-state index < -0.39 is 0 Å². The Morgan fingerprint density at radius 2 is 2.00 bits per heavy atom. The normalized spacial score (nSPS) is 16.3. The zero-order valence-corrected chi connectivity index (χ0v) is 14.9. The van der Waals surface area contributed by atoms with Crippen molar-refractivity contribution < 1.29 is 13.9 Å². The van der Waals surface area contributed by atoms with E-state index in [0.29, 0.717) is 19.7 Å². The van der Waals surface area contributed by atoms with E-state index in [1.807, 2.05) is 25.1 Å². The highest BCUT2D eigenvalue weighted by Crippen LogP contribution is 2.17. The van der Waals surface area contributed by atoms with Crippen LogP contribution in [-0.4, -0.2) is 35.1 Å². The first-order chi connectivity index (χ1) is 12.6. The first-order valence-corrected chi connectivity index (χ1v) is 8.94. The Bertz CT molecular complexity index is 701. The van der Waals surface area contributed by atoms with Crippen LogP contribution < -0.4 is 5.32 Å². The predicted octanol–water partition coefficient (Wildman–Crippen LogP) is 3.67. The fourth-order valence-electron chi connectivity index (χ4n) is 3.02. The molecule has 2 amide bonds. The van der Waals surface area contributed by atoms with E-state index in [9.17, 15) is 9.18 Å². The standard InChI is InChI=1S/C20H24FN3O2/c1-15(16-5-7-17(21)8-6-16)23-20(25)24-12-9-19(10-13-24)26-14-18-4-2-3-11-22-18/h2-8,11,15,19H,9-10,12-14H2,1H3,(H,23,25)/t15-/m1/s1. The lowest BCUT2D eigenvalue weighted by Crippen LogP contribution is -2.46. The molecule has 1 atom stereocenters. The number of carbonyl (C=O) groups excluding carboxylic acids is 1. The van der Waals surface area contributed by atoms with Crippen LogP contribution in [0.5, 0.6) is 0 Å². The molecule has 0 aliphatic carbocycles. The van der Waals surface area contributed by atoms with Crippen molar-refractivity contribution in [3.05, 3.63) is 65.7 Å². The van der Waals surface area contributed by atoms with E-state index in [0.717, 1.165) is 24.1 Å². The third-order valence-corrected chi connectivity index (χ3v) is 4.63. The minimum absolute atomic E-state index is 0.0926. The van der Waals surface area contributed by atoms with Crippen LogP contribution in [0, 0.1) is 5.82 Å². The quantitative estimate of drug-likeness (QED) is 0.888. The van der Waals surface area contributed by atoms with Crippen LogP contribution in [0.4, 0.5) is 9.18 Å². The fourth-order valence-corrected chi connectivity index (χ4v) is 3.02. The Morgan fingerprint density at radius 3 is 2.65 bits per heavy atom. The van der Waals surface area contributed by atoms with Crippen LogP contribution in [0.3, 0.4) is 0 Å². The average molecular weight is 357 g/mol. The molecule has 1 aromatic heterocycles. The summed E-state index contributed by atoms with van der Waals surface area (Å²) in [6.45, 7) is 3.72. The van der Waals surface area contributed by atoms with Crippen molar-refractivity contribution in [2.45, 2.75) is 38.5 Å². The molecule has 6 heteroatoms. The molecule has 3 rings (SSSR count). The van der Waals surface area contributed by atoms with Gasteiger partial charge in [0.15, 0.2) is 0 Å². The topological polar surface area (TPSA) is 54.5 Å². The lowest BCUT2D eigenvalue weighted by Gasteiger charge is -2.32. The monoisotopic (exact) mass is 357 g/mol. The van der Waals surface area contributed by atoms with Gasteiger partial charge in [-0.15, -0.1) is 0 Å². The maximum absolute atomic E-state index is 13.0. The summed E-state index contributed by atoms with van der Waals surface area (Å²) in [4.78, 5) is 18.5. The molecule has 1 aromatic carbocycles. The number of ether oxygens (including phenoxy) is 1. The summed E-state index contributed by atoms with van der Waals surface area (Å²) >= 11 is 0. The van der Waals surface area contributed by atoms with Crippen LogP contribution in [0.15, 0.2) is 48.7 Å². The summed E-state index contributed by atoms with van der Waals surface area (Å²) in [7, 11) is 0. The van der Waals surface area contributed by atoms with Gasteiger partial charge in [0.1, 0.15) is 5.82 Å². The molecule has 5 nitrogen and oxygen atoms in total. The van der Waals surface area contributed by atoms with E-state index in [-0.39, 0.29) is 24.0 Å². The van der Waals surface area contributed by atoms with Gasteiger partial charge < -0.3 is 15.0 Å². The Kier molecular flexibility index (Phi) is 6.17. The van der Waals surface area contributed by atoms with Crippen molar-refractivity contribution in [3.8, 4) is 0 Å². The maximum Gasteiger partial charge on any atom is 0.317 e. The lowest BCUT2D eigenvalue weighted by atomic mass is 10.1. The van der Waals surface area contributed by atoms with E-state index in [1.54, 1.807) is 23.2 Å². The molecule has 2 heterocycles. The van der Waals surface area contributed by atoms with Crippen molar-refractivity contribution in [2.24, 2.45) is 0 Å². The van der Waals surface area contributed by atoms with Crippen molar-refractivity contribution in [2.75, 3.05) is 13.1 Å². The Labute approximate surface area is 153 Å². The maximum atomic E-state index is 13.0. The molecule has 0 saturated carbocycles. The van der Waals surface area contributed by atoms with Crippen molar-refractivity contribution in [3.63, 3.8) is 0 Å². The first-order valence-electron chi connectivity index (χ1n) is 8.94. The van der Waals surface area contributed by atoms with Gasteiger partial charge >= 0.3 is 6.03 Å². The number of nitrogens with one attached hydrogen (secondary N) is 1. The average Bonchev–Trinajstić information content (AvgIpc) is 2.68. The van der Waals surface area contributed by atoms with Gasteiger partial charge in [-0.25, -0.2) is 9.18 Å². The van der Waals surface area contributed by atoms with Gasteiger partial charge in [0.25, 0.3) is 0 Å². The van der Waals surface area contributed by atoms with Gasteiger partial charge in [-0.3, -0.25) is 4.98 Å². The minimum atomic E-state index is -0.278. The van der Waals surface area contributed by atoms with E-state index in [1.165, 1.54) is 12.1 Å². The SMILES string of the molecule is C[C@@H](NC(=O)N1CCC(OCc2ccccn2)CC1)c1ccc(F)cc1. The van der Waals surface area contributed by atoms with E-state index in [2.05, 4.69) is 10.3 Å². The molecule has 0 radical (unpaired) electrons. The van der Waals surface area contributed by atoms with Crippen LogP contribution in [0.1, 0.15) is 37.1 Å². The molecular weight excluding hydrogens is 333 g/mol. The number of piperidine rings is 1. The second kappa shape index (κ2) is 8.76. The first kappa shape index (κ1) is 18.3. The third kappa shape index (κ3) is 5.02. The number of likely N-dealkylation sites (tertiary alicyclic amines) is 1. The molecule has 0 bridgehead atoms. The molecule has 1 aliphatic heterocycles. The number of hydrogen-bond acceptors (Lipinski definition) is 3. The van der Waals surface area contributed by atoms with E-state index >= 15 is 0 Å². The summed E-state index contributed by atoms with van der Waals surface area (Å²) in [5.74, 6) is -0.278. The van der Waals surface area contributed by atoms with E-state index in [4.69, 9.17) is 4.74 Å². The Morgan fingerprint density at radius 1 is 1.27 bits per heavy atom. The summed E-state index contributed by atoms with van der Waals surface area (Å²) in [6.07, 6.45) is 3.53. The fraction of sp³-hybridized carbons (Fsp3) is 0.400. The lowest BCUT2D eigenvalue weighted by molar-refractivity contribution is 0.00293. The molecule has 1 aliphatic rings. The minimum Gasteiger partial charge on any atom is -0.372 e.